The van der Waals surface area contributed by atoms with Crippen LogP contribution in [0.25, 0.3) is 0 Å². The molecule has 2 atom stereocenters. The maximum Gasteiger partial charge on any atom is 0.192 e. The zero-order chi connectivity index (χ0) is 29.3. The zero-order valence-electron chi connectivity index (χ0n) is 25.9. The Bertz CT molecular complexity index is 1160. The molecule has 0 amide bonds. The van der Waals surface area contributed by atoms with Gasteiger partial charge in [-0.15, -0.1) is 12.2 Å². The average molecular weight is 582 g/mol. The van der Waals surface area contributed by atoms with E-state index in [9.17, 15) is 4.57 Å². The van der Waals surface area contributed by atoms with E-state index in [1.165, 1.54) is 0 Å². The van der Waals surface area contributed by atoms with Crippen LogP contribution in [0.15, 0.2) is 84.5 Å². The minimum absolute atomic E-state index is 0.0404. The molecule has 0 aromatic heterocycles. The van der Waals surface area contributed by atoms with Crippen molar-refractivity contribution < 1.29 is 13.4 Å². The molecule has 1 fully saturated rings. The van der Waals surface area contributed by atoms with E-state index in [0.29, 0.717) is 0 Å². The average Bonchev–Trinajstić information content (AvgIpc) is 2.84. The summed E-state index contributed by atoms with van der Waals surface area (Å²) in [6, 6.07) is 19.6. The highest BCUT2D eigenvalue weighted by molar-refractivity contribution is 7.80. The maximum absolute atomic E-state index is 14.7. The van der Waals surface area contributed by atoms with Gasteiger partial charge < -0.3 is 13.4 Å². The van der Waals surface area contributed by atoms with Crippen LogP contribution in [0.3, 0.4) is 0 Å². The van der Waals surface area contributed by atoms with E-state index >= 15 is 0 Å². The Labute approximate surface area is 240 Å². The van der Waals surface area contributed by atoms with Crippen LogP contribution >= 0.6 is 7.14 Å². The summed E-state index contributed by atoms with van der Waals surface area (Å²) in [5.74, 6) is 0. The van der Waals surface area contributed by atoms with Gasteiger partial charge in [-0.2, -0.15) is 11.7 Å². The maximum atomic E-state index is 14.7. The lowest BCUT2D eigenvalue weighted by molar-refractivity contribution is 0.0969. The first kappa shape index (κ1) is 31.9. The topological polar surface area (TPSA) is 35.5 Å². The van der Waals surface area contributed by atoms with Gasteiger partial charge in [0.15, 0.2) is 16.6 Å². The first-order chi connectivity index (χ1) is 17.9. The molecule has 1 aliphatic carbocycles. The molecule has 3 rings (SSSR count). The lowest BCUT2D eigenvalue weighted by Crippen LogP contribution is -2.49. The second-order valence-corrected chi connectivity index (χ2v) is 26.2. The fraction of sp³-hybridized carbons (Fsp3) is 0.485. The third-order valence-corrected chi connectivity index (χ3v) is 20.7. The van der Waals surface area contributed by atoms with Gasteiger partial charge >= 0.3 is 0 Å². The number of rotatable bonds is 8. The van der Waals surface area contributed by atoms with Gasteiger partial charge in [-0.05, 0) is 42.7 Å². The summed E-state index contributed by atoms with van der Waals surface area (Å²) in [5, 5.41) is 1.87. The van der Waals surface area contributed by atoms with Gasteiger partial charge in [0.1, 0.15) is 0 Å². The van der Waals surface area contributed by atoms with E-state index in [-0.39, 0.29) is 22.3 Å². The van der Waals surface area contributed by atoms with Gasteiger partial charge in [-0.25, -0.2) is 6.08 Å². The van der Waals surface area contributed by atoms with Crippen molar-refractivity contribution in [2.24, 2.45) is 0 Å². The van der Waals surface area contributed by atoms with Crippen molar-refractivity contribution in [3.63, 3.8) is 0 Å². The predicted octanol–water partition coefficient (Wildman–Crippen LogP) is 9.22. The molecule has 3 nitrogen and oxygen atoms in total. The predicted molar refractivity (Wildman–Crippen MR) is 175 cm³/mol. The molecule has 0 radical (unpaired) electrons. The summed E-state index contributed by atoms with van der Waals surface area (Å²) in [7, 11) is -7.05. The Kier molecular flexibility index (Phi) is 9.57. The summed E-state index contributed by atoms with van der Waals surface area (Å²) in [4.78, 5) is 0. The lowest BCUT2D eigenvalue weighted by atomic mass is 9.86. The molecule has 0 saturated heterocycles. The summed E-state index contributed by atoms with van der Waals surface area (Å²) < 4.78 is 28.6. The number of hydrogen-bond acceptors (Lipinski definition) is 3. The molecule has 1 aliphatic rings. The van der Waals surface area contributed by atoms with Crippen LogP contribution < -0.4 is 10.6 Å². The summed E-state index contributed by atoms with van der Waals surface area (Å²) in [6.45, 7) is 27.4. The molecule has 0 aliphatic heterocycles. The summed E-state index contributed by atoms with van der Waals surface area (Å²) in [5.41, 5.74) is 2.08. The fourth-order valence-corrected chi connectivity index (χ4v) is 9.30. The third-order valence-electron chi connectivity index (χ3n) is 9.00. The lowest BCUT2D eigenvalue weighted by Gasteiger charge is -2.47. The van der Waals surface area contributed by atoms with E-state index < -0.39 is 23.8 Å². The second kappa shape index (κ2) is 11.7. The fourth-order valence-electron chi connectivity index (χ4n) is 4.37. The van der Waals surface area contributed by atoms with E-state index in [2.05, 4.69) is 80.4 Å². The second-order valence-electron chi connectivity index (χ2n) is 14.0. The van der Waals surface area contributed by atoms with Gasteiger partial charge in [-0.1, -0.05) is 109 Å². The highest BCUT2D eigenvalue weighted by atomic mass is 31.2. The molecule has 1 saturated carbocycles. The van der Waals surface area contributed by atoms with Crippen molar-refractivity contribution in [1.29, 1.82) is 0 Å². The van der Waals surface area contributed by atoms with Crippen molar-refractivity contribution in [2.45, 2.75) is 103 Å². The van der Waals surface area contributed by atoms with Crippen LogP contribution in [-0.4, -0.2) is 28.8 Å². The van der Waals surface area contributed by atoms with E-state index in [1.54, 1.807) is 0 Å². The molecule has 214 valence electrons. The SMILES string of the molecule is C=C1/C(=C\[CH-]P(=O)(c2ccccc2)c2ccccc2)C[C@@H](O[Si](C)(C)C(C)(C)C)C[C@@H]1O[Si](C)(C)C(C)(C)C. The Morgan fingerprint density at radius 3 is 1.69 bits per heavy atom. The Hall–Kier alpha value is -1.63. The third kappa shape index (κ3) is 7.37. The largest absolute Gasteiger partial charge is 0.415 e. The van der Waals surface area contributed by atoms with E-state index in [1.807, 2.05) is 66.8 Å². The molecule has 0 spiro atoms. The summed E-state index contributed by atoms with van der Waals surface area (Å²) in [6.07, 6.45) is 5.48. The van der Waals surface area contributed by atoms with Gasteiger partial charge in [0.2, 0.25) is 0 Å². The molecule has 6 heteroatoms. The quantitative estimate of drug-likeness (QED) is 0.177. The normalized spacial score (nSPS) is 20.8. The number of benzene rings is 2. The molecule has 0 heterocycles. The monoisotopic (exact) mass is 581 g/mol. The van der Waals surface area contributed by atoms with Crippen LogP contribution in [0.4, 0.5) is 0 Å². The van der Waals surface area contributed by atoms with E-state index in [4.69, 9.17) is 8.85 Å². The van der Waals surface area contributed by atoms with Gasteiger partial charge in [0.25, 0.3) is 0 Å². The molecule has 0 N–H and O–H groups in total. The molecule has 0 bridgehead atoms. The molecular weight excluding hydrogens is 532 g/mol. The first-order valence-corrected chi connectivity index (χ1v) is 21.8. The van der Waals surface area contributed by atoms with Crippen LogP contribution in [0.5, 0.6) is 0 Å². The van der Waals surface area contributed by atoms with Crippen LogP contribution in [-0.2, 0) is 13.4 Å². The Morgan fingerprint density at radius 1 is 0.821 bits per heavy atom. The number of allylic oxidation sites excluding steroid dienone is 1. The zero-order valence-corrected chi connectivity index (χ0v) is 28.8. The standard InChI is InChI=1S/C33H50O3PSi2/c1-26-27(22-23-37(34,29-18-14-12-15-19-29)30-20-16-13-17-21-30)24-28(35-38(8,9)32(2,3)4)25-31(26)36-39(10,11)33(5,6)7/h12-23,28,31H,1,24-25H2,2-11H3/q-1/b27-22-/t28-,31+/m1/s1. The Balaban J connectivity index is 2.01. The smallest absolute Gasteiger partial charge is 0.192 e. The molecule has 39 heavy (non-hydrogen) atoms. The van der Waals surface area contributed by atoms with Gasteiger partial charge in [-0.3, -0.25) is 0 Å². The molecule has 0 unspecified atom stereocenters. The molecular formula is C33H50O3PSi2-. The van der Waals surface area contributed by atoms with Crippen molar-refractivity contribution in [1.82, 2.24) is 0 Å². The van der Waals surface area contributed by atoms with Gasteiger partial charge in [0, 0.05) is 16.7 Å². The first-order valence-electron chi connectivity index (χ1n) is 14.2. The molecule has 2 aromatic carbocycles. The van der Waals surface area contributed by atoms with Crippen molar-refractivity contribution in [3.05, 3.63) is 90.6 Å². The van der Waals surface area contributed by atoms with E-state index in [0.717, 1.165) is 34.6 Å². The van der Waals surface area contributed by atoms with Crippen LogP contribution in [0, 0.1) is 6.16 Å². The van der Waals surface area contributed by atoms with Crippen LogP contribution in [0.1, 0.15) is 54.4 Å². The number of hydrogen-bond donors (Lipinski definition) is 0. The highest BCUT2D eigenvalue weighted by Gasteiger charge is 2.43. The minimum Gasteiger partial charge on any atom is -0.415 e. The van der Waals surface area contributed by atoms with Crippen molar-refractivity contribution in [3.8, 4) is 0 Å². The van der Waals surface area contributed by atoms with Crippen LogP contribution in [0.2, 0.25) is 36.3 Å². The van der Waals surface area contributed by atoms with Crippen molar-refractivity contribution >= 4 is 34.4 Å². The minimum atomic E-state index is -3.00. The van der Waals surface area contributed by atoms with Gasteiger partial charge in [0.05, 0.1) is 13.2 Å². The Morgan fingerprint density at radius 2 is 1.26 bits per heavy atom. The highest BCUT2D eigenvalue weighted by Crippen LogP contribution is 2.49. The summed E-state index contributed by atoms with van der Waals surface area (Å²) >= 11 is 0. The molecule has 2 aromatic rings. The van der Waals surface area contributed by atoms with Crippen molar-refractivity contribution in [2.75, 3.05) is 0 Å².